The Balaban J connectivity index is 0.00000144. The number of carbonyl (C=O) groups is 1. The Kier molecular flexibility index (Phi) is 8.82. The molecular weight excluding hydrogens is 347 g/mol. The van der Waals surface area contributed by atoms with Crippen LogP contribution in [0.15, 0.2) is 42.7 Å². The molecule has 0 saturated carbocycles. The van der Waals surface area contributed by atoms with Crippen LogP contribution in [0.1, 0.15) is 24.2 Å². The van der Waals surface area contributed by atoms with Gasteiger partial charge in [0.25, 0.3) is 0 Å². The highest BCUT2D eigenvalue weighted by Gasteiger charge is 2.21. The van der Waals surface area contributed by atoms with Crippen molar-refractivity contribution >= 4 is 30.7 Å². The van der Waals surface area contributed by atoms with E-state index in [-0.39, 0.29) is 36.8 Å². The number of rotatable bonds is 6. The molecule has 2 N–H and O–H groups in total. The quantitative estimate of drug-likeness (QED) is 0.819. The molecule has 1 fully saturated rings. The van der Waals surface area contributed by atoms with Gasteiger partial charge in [-0.15, -0.1) is 24.8 Å². The van der Waals surface area contributed by atoms with E-state index in [4.69, 9.17) is 0 Å². The molecule has 0 radical (unpaired) electrons. The Labute approximate surface area is 155 Å². The van der Waals surface area contributed by atoms with Crippen molar-refractivity contribution in [1.82, 2.24) is 20.2 Å². The minimum Gasteiger partial charge on any atom is -0.354 e. The second-order valence-electron chi connectivity index (χ2n) is 5.65. The molecule has 1 atom stereocenters. The van der Waals surface area contributed by atoms with Gasteiger partial charge < -0.3 is 15.2 Å². The molecule has 7 heteroatoms. The van der Waals surface area contributed by atoms with Crippen molar-refractivity contribution in [1.29, 1.82) is 0 Å². The predicted octanol–water partition coefficient (Wildman–Crippen LogP) is 2.19. The average Bonchev–Trinajstić information content (AvgIpc) is 3.20. The summed E-state index contributed by atoms with van der Waals surface area (Å²) in [5.74, 6) is 1.11. The number of imidazole rings is 1. The first-order valence-corrected chi connectivity index (χ1v) is 7.88. The van der Waals surface area contributed by atoms with E-state index in [0.717, 1.165) is 38.2 Å². The van der Waals surface area contributed by atoms with Crippen LogP contribution >= 0.6 is 24.8 Å². The molecule has 1 amide bonds. The van der Waals surface area contributed by atoms with Crippen LogP contribution in [0.5, 0.6) is 0 Å². The lowest BCUT2D eigenvalue weighted by atomic mass is 10.2. The summed E-state index contributed by atoms with van der Waals surface area (Å²) < 4.78 is 2.13. The molecule has 1 aliphatic rings. The first-order valence-electron chi connectivity index (χ1n) is 7.88. The third kappa shape index (κ3) is 5.51. The SMILES string of the molecule is Cl.Cl.O=C(NCCc1nccn1Cc1ccccc1)C1CCCN1. The fourth-order valence-corrected chi connectivity index (χ4v) is 2.82. The van der Waals surface area contributed by atoms with Gasteiger partial charge in [0.05, 0.1) is 6.04 Å². The summed E-state index contributed by atoms with van der Waals surface area (Å²) in [6.45, 7) is 2.39. The lowest BCUT2D eigenvalue weighted by Crippen LogP contribution is -2.41. The van der Waals surface area contributed by atoms with Gasteiger partial charge in [0, 0.05) is 31.9 Å². The van der Waals surface area contributed by atoms with Crippen LogP contribution in [0, 0.1) is 0 Å². The Morgan fingerprint density at radius 1 is 1.29 bits per heavy atom. The highest BCUT2D eigenvalue weighted by atomic mass is 35.5. The van der Waals surface area contributed by atoms with E-state index < -0.39 is 0 Å². The van der Waals surface area contributed by atoms with Crippen LogP contribution in [-0.4, -0.2) is 34.6 Å². The number of carbonyl (C=O) groups excluding carboxylic acids is 1. The van der Waals surface area contributed by atoms with Crippen LogP contribution in [0.25, 0.3) is 0 Å². The zero-order valence-electron chi connectivity index (χ0n) is 13.5. The monoisotopic (exact) mass is 370 g/mol. The third-order valence-corrected chi connectivity index (χ3v) is 4.02. The lowest BCUT2D eigenvalue weighted by Gasteiger charge is -2.12. The zero-order valence-corrected chi connectivity index (χ0v) is 15.1. The van der Waals surface area contributed by atoms with Crippen LogP contribution in [-0.2, 0) is 17.8 Å². The van der Waals surface area contributed by atoms with E-state index in [2.05, 4.69) is 32.3 Å². The third-order valence-electron chi connectivity index (χ3n) is 4.02. The molecule has 0 spiro atoms. The molecule has 3 rings (SSSR count). The molecule has 5 nitrogen and oxygen atoms in total. The molecule has 1 aliphatic heterocycles. The van der Waals surface area contributed by atoms with E-state index in [1.54, 1.807) is 0 Å². The maximum Gasteiger partial charge on any atom is 0.237 e. The average molecular weight is 371 g/mol. The fraction of sp³-hybridized carbons (Fsp3) is 0.412. The summed E-state index contributed by atoms with van der Waals surface area (Å²) in [6.07, 6.45) is 6.58. The Morgan fingerprint density at radius 2 is 2.08 bits per heavy atom. The number of nitrogens with zero attached hydrogens (tertiary/aromatic N) is 2. The standard InChI is InChI=1S/C17H22N4O.2ClH/c22-17(15-7-4-9-18-15)20-10-8-16-19-11-12-21(16)13-14-5-2-1-3-6-14;;/h1-3,5-6,11-12,15,18H,4,7-10,13H2,(H,20,22);2*1H. The van der Waals surface area contributed by atoms with Crippen LogP contribution < -0.4 is 10.6 Å². The van der Waals surface area contributed by atoms with Crippen molar-refractivity contribution in [3.63, 3.8) is 0 Å². The molecule has 1 aromatic carbocycles. The summed E-state index contributed by atoms with van der Waals surface area (Å²) in [5, 5.41) is 6.21. The molecule has 132 valence electrons. The van der Waals surface area contributed by atoms with E-state index >= 15 is 0 Å². The van der Waals surface area contributed by atoms with Gasteiger partial charge in [-0.1, -0.05) is 30.3 Å². The van der Waals surface area contributed by atoms with Crippen molar-refractivity contribution in [3.8, 4) is 0 Å². The first kappa shape index (κ1) is 20.5. The zero-order chi connectivity index (χ0) is 15.2. The summed E-state index contributed by atoms with van der Waals surface area (Å²) in [6, 6.07) is 10.3. The van der Waals surface area contributed by atoms with Crippen molar-refractivity contribution in [2.24, 2.45) is 0 Å². The lowest BCUT2D eigenvalue weighted by molar-refractivity contribution is -0.122. The molecule has 1 saturated heterocycles. The van der Waals surface area contributed by atoms with E-state index in [0.29, 0.717) is 6.54 Å². The van der Waals surface area contributed by atoms with Gasteiger partial charge in [0.15, 0.2) is 0 Å². The van der Waals surface area contributed by atoms with Crippen LogP contribution in [0.3, 0.4) is 0 Å². The number of aromatic nitrogens is 2. The normalized spacial score (nSPS) is 16.1. The number of benzene rings is 1. The number of hydrogen-bond donors (Lipinski definition) is 2. The summed E-state index contributed by atoms with van der Waals surface area (Å²) in [4.78, 5) is 16.4. The number of amides is 1. The van der Waals surface area contributed by atoms with Crippen molar-refractivity contribution in [2.75, 3.05) is 13.1 Å². The smallest absolute Gasteiger partial charge is 0.237 e. The Bertz CT molecular complexity index is 612. The number of nitrogens with one attached hydrogen (secondary N) is 2. The molecule has 1 aromatic heterocycles. The second kappa shape index (κ2) is 10.3. The minimum absolute atomic E-state index is 0. The van der Waals surface area contributed by atoms with Crippen molar-refractivity contribution < 1.29 is 4.79 Å². The largest absolute Gasteiger partial charge is 0.354 e. The minimum atomic E-state index is -0.0101. The molecule has 2 aromatic rings. The molecule has 0 aliphatic carbocycles. The Morgan fingerprint density at radius 3 is 2.79 bits per heavy atom. The molecule has 1 unspecified atom stereocenters. The molecule has 24 heavy (non-hydrogen) atoms. The second-order valence-corrected chi connectivity index (χ2v) is 5.65. The van der Waals surface area contributed by atoms with Gasteiger partial charge in [-0.3, -0.25) is 4.79 Å². The van der Waals surface area contributed by atoms with E-state index in [1.165, 1.54) is 5.56 Å². The van der Waals surface area contributed by atoms with Crippen molar-refractivity contribution in [2.45, 2.75) is 31.8 Å². The summed E-state index contributed by atoms with van der Waals surface area (Å²) >= 11 is 0. The molecule has 0 bridgehead atoms. The Hall–Kier alpha value is -1.56. The molecule has 2 heterocycles. The van der Waals surface area contributed by atoms with E-state index in [1.807, 2.05) is 30.6 Å². The van der Waals surface area contributed by atoms with E-state index in [9.17, 15) is 4.79 Å². The highest BCUT2D eigenvalue weighted by molar-refractivity contribution is 5.85. The fourth-order valence-electron chi connectivity index (χ4n) is 2.82. The summed E-state index contributed by atoms with van der Waals surface area (Å²) in [5.41, 5.74) is 1.25. The van der Waals surface area contributed by atoms with Gasteiger partial charge in [-0.05, 0) is 24.9 Å². The number of halogens is 2. The van der Waals surface area contributed by atoms with Crippen LogP contribution in [0.4, 0.5) is 0 Å². The summed E-state index contributed by atoms with van der Waals surface area (Å²) in [7, 11) is 0. The van der Waals surface area contributed by atoms with Gasteiger partial charge in [-0.25, -0.2) is 4.98 Å². The van der Waals surface area contributed by atoms with Crippen LogP contribution in [0.2, 0.25) is 0 Å². The molecular formula is C17H24Cl2N4O. The maximum absolute atomic E-state index is 11.9. The van der Waals surface area contributed by atoms with Gasteiger partial charge in [0.1, 0.15) is 5.82 Å². The highest BCUT2D eigenvalue weighted by Crippen LogP contribution is 2.07. The van der Waals surface area contributed by atoms with Gasteiger partial charge in [-0.2, -0.15) is 0 Å². The first-order chi connectivity index (χ1) is 10.8. The number of hydrogen-bond acceptors (Lipinski definition) is 3. The van der Waals surface area contributed by atoms with Gasteiger partial charge in [0.2, 0.25) is 5.91 Å². The van der Waals surface area contributed by atoms with Crippen molar-refractivity contribution in [3.05, 3.63) is 54.1 Å². The topological polar surface area (TPSA) is 59.0 Å². The predicted molar refractivity (Wildman–Crippen MR) is 100 cm³/mol. The maximum atomic E-state index is 11.9. The van der Waals surface area contributed by atoms with Gasteiger partial charge >= 0.3 is 0 Å².